The summed E-state index contributed by atoms with van der Waals surface area (Å²) in [7, 11) is 0. The largest absolute Gasteiger partial charge is 0.460 e. The number of para-hydroxylation sites is 1. The first kappa shape index (κ1) is 21.0. The van der Waals surface area contributed by atoms with Gasteiger partial charge < -0.3 is 9.64 Å². The molecule has 28 heavy (non-hydrogen) atoms. The number of amidine groups is 1. The van der Waals surface area contributed by atoms with Crippen molar-refractivity contribution in [1.82, 2.24) is 4.90 Å². The third-order valence-corrected chi connectivity index (χ3v) is 6.12. The van der Waals surface area contributed by atoms with Gasteiger partial charge in [-0.1, -0.05) is 62.3 Å². The van der Waals surface area contributed by atoms with Crippen LogP contribution in [0.15, 0.2) is 29.4 Å². The normalized spacial score (nSPS) is 19.3. The number of carbonyl (C=O) groups excluding carboxylic acids is 1. The van der Waals surface area contributed by atoms with Gasteiger partial charge in [0.15, 0.2) is 0 Å². The molecule has 2 aliphatic carbocycles. The van der Waals surface area contributed by atoms with Crippen LogP contribution < -0.4 is 5.43 Å². The van der Waals surface area contributed by atoms with Crippen LogP contribution in [0.5, 0.6) is 0 Å². The quantitative estimate of drug-likeness (QED) is 0.300. The number of hydrazone groups is 1. The van der Waals surface area contributed by atoms with Crippen molar-refractivity contribution in [1.29, 1.82) is 0 Å². The number of halogens is 1. The molecular weight excluding hydrogens is 374 g/mol. The summed E-state index contributed by atoms with van der Waals surface area (Å²) < 4.78 is 5.40. The van der Waals surface area contributed by atoms with Crippen molar-refractivity contribution in [3.8, 4) is 0 Å². The van der Waals surface area contributed by atoms with Gasteiger partial charge in [0.05, 0.1) is 17.3 Å². The Morgan fingerprint density at radius 2 is 1.64 bits per heavy atom. The van der Waals surface area contributed by atoms with Crippen molar-refractivity contribution in [2.45, 2.75) is 83.2 Å². The van der Waals surface area contributed by atoms with Crippen LogP contribution in [-0.4, -0.2) is 35.4 Å². The second kappa shape index (κ2) is 10.7. The molecule has 2 saturated carbocycles. The number of rotatable bonds is 5. The van der Waals surface area contributed by atoms with E-state index in [1.54, 1.807) is 0 Å². The minimum atomic E-state index is -0.349. The molecule has 0 radical (unpaired) electrons. The molecule has 0 spiro atoms. The van der Waals surface area contributed by atoms with E-state index >= 15 is 0 Å². The van der Waals surface area contributed by atoms with Crippen LogP contribution in [0.1, 0.15) is 71.1 Å². The van der Waals surface area contributed by atoms with Crippen LogP contribution in [-0.2, 0) is 9.53 Å². The van der Waals surface area contributed by atoms with E-state index in [2.05, 4.69) is 15.4 Å². The molecule has 0 saturated heterocycles. The topological polar surface area (TPSA) is 53.9 Å². The summed E-state index contributed by atoms with van der Waals surface area (Å²) in [5.41, 5.74) is 3.72. The average Bonchev–Trinajstić information content (AvgIpc) is 2.73. The number of esters is 1. The van der Waals surface area contributed by atoms with Crippen molar-refractivity contribution in [3.05, 3.63) is 29.3 Å². The van der Waals surface area contributed by atoms with E-state index in [0.29, 0.717) is 35.2 Å². The summed E-state index contributed by atoms with van der Waals surface area (Å²) in [6, 6.07) is 8.15. The van der Waals surface area contributed by atoms with Crippen molar-refractivity contribution in [2.24, 2.45) is 5.10 Å². The zero-order chi connectivity index (χ0) is 19.8. The number of benzene rings is 1. The van der Waals surface area contributed by atoms with Gasteiger partial charge >= 0.3 is 5.97 Å². The lowest BCUT2D eigenvalue weighted by atomic mass is 9.88. The van der Waals surface area contributed by atoms with Gasteiger partial charge in [-0.15, -0.1) is 5.10 Å². The van der Waals surface area contributed by atoms with Gasteiger partial charge in [-0.25, -0.2) is 4.79 Å². The highest BCUT2D eigenvalue weighted by atomic mass is 35.5. The van der Waals surface area contributed by atoms with Crippen LogP contribution in [0.2, 0.25) is 5.02 Å². The maximum atomic E-state index is 12.9. The number of nitrogens with zero attached hydrogens (tertiary/aromatic N) is 2. The van der Waals surface area contributed by atoms with E-state index in [1.807, 2.05) is 31.2 Å². The van der Waals surface area contributed by atoms with Crippen LogP contribution in [0.25, 0.3) is 0 Å². The molecule has 0 bridgehead atoms. The Kier molecular flexibility index (Phi) is 8.01. The number of carbonyl (C=O) groups is 1. The monoisotopic (exact) mass is 405 g/mol. The Morgan fingerprint density at radius 1 is 1.07 bits per heavy atom. The van der Waals surface area contributed by atoms with Gasteiger partial charge in [0.1, 0.15) is 0 Å². The third-order valence-electron chi connectivity index (χ3n) is 5.79. The van der Waals surface area contributed by atoms with Gasteiger partial charge in [0.2, 0.25) is 5.84 Å². The van der Waals surface area contributed by atoms with E-state index in [1.165, 1.54) is 38.5 Å². The first-order valence-electron chi connectivity index (χ1n) is 10.7. The molecule has 1 N–H and O–H groups in total. The van der Waals surface area contributed by atoms with E-state index < -0.39 is 0 Å². The summed E-state index contributed by atoms with van der Waals surface area (Å²) in [6.07, 6.45) is 11.8. The molecule has 2 fully saturated rings. The first-order valence-corrected chi connectivity index (χ1v) is 11.1. The number of hydrogen-bond donors (Lipinski definition) is 1. The van der Waals surface area contributed by atoms with Gasteiger partial charge in [0.25, 0.3) is 0 Å². The minimum Gasteiger partial charge on any atom is -0.460 e. The molecule has 0 amide bonds. The molecule has 1 aromatic carbocycles. The van der Waals surface area contributed by atoms with Gasteiger partial charge in [-0.2, -0.15) is 0 Å². The van der Waals surface area contributed by atoms with Crippen molar-refractivity contribution in [3.63, 3.8) is 0 Å². The van der Waals surface area contributed by atoms with Crippen molar-refractivity contribution in [2.75, 3.05) is 12.0 Å². The second-order valence-electron chi connectivity index (χ2n) is 7.74. The Hall–Kier alpha value is -1.75. The summed E-state index contributed by atoms with van der Waals surface area (Å²) >= 11 is 6.26. The van der Waals surface area contributed by atoms with Crippen LogP contribution in [0.3, 0.4) is 0 Å². The highest BCUT2D eigenvalue weighted by molar-refractivity contribution is 6.36. The van der Waals surface area contributed by atoms with Gasteiger partial charge in [-0.3, -0.25) is 5.43 Å². The lowest BCUT2D eigenvalue weighted by Crippen LogP contribution is -2.52. The predicted octanol–water partition coefficient (Wildman–Crippen LogP) is 5.60. The average molecular weight is 406 g/mol. The third kappa shape index (κ3) is 5.40. The Bertz CT molecular complexity index is 650. The number of ether oxygens (including phenoxy) is 1. The molecule has 5 nitrogen and oxygen atoms in total. The first-order chi connectivity index (χ1) is 13.7. The van der Waals surface area contributed by atoms with Crippen LogP contribution >= 0.6 is 11.6 Å². The fourth-order valence-corrected chi connectivity index (χ4v) is 4.61. The molecule has 154 valence electrons. The summed E-state index contributed by atoms with van der Waals surface area (Å²) in [4.78, 5) is 15.2. The van der Waals surface area contributed by atoms with Crippen LogP contribution in [0.4, 0.5) is 5.69 Å². The predicted molar refractivity (Wildman–Crippen MR) is 115 cm³/mol. The lowest BCUT2D eigenvalue weighted by Gasteiger charge is -2.42. The second-order valence-corrected chi connectivity index (χ2v) is 8.15. The summed E-state index contributed by atoms with van der Waals surface area (Å²) in [5, 5.41) is 5.14. The molecule has 2 aliphatic rings. The smallest absolute Gasteiger partial charge is 0.376 e. The zero-order valence-corrected chi connectivity index (χ0v) is 17.6. The Morgan fingerprint density at radius 3 is 2.18 bits per heavy atom. The standard InChI is InChI=1S/C22H32ClN3O2/c1-2-28-22(27)21(25-24-20-16-10-9-15-19(20)23)26(17-11-5-3-6-12-17)18-13-7-4-8-14-18/h9-10,15-18,24H,2-8,11-14H2,1H3/b25-21+. The molecule has 0 atom stereocenters. The van der Waals surface area contributed by atoms with Gasteiger partial charge in [-0.05, 0) is 44.7 Å². The van der Waals surface area contributed by atoms with Gasteiger partial charge in [0, 0.05) is 12.1 Å². The molecular formula is C22H32ClN3O2. The van der Waals surface area contributed by atoms with E-state index in [-0.39, 0.29) is 5.97 Å². The minimum absolute atomic E-state index is 0.340. The van der Waals surface area contributed by atoms with Crippen LogP contribution in [0, 0.1) is 0 Å². The summed E-state index contributed by atoms with van der Waals surface area (Å²) in [5.74, 6) is 0.0544. The van der Waals surface area contributed by atoms with E-state index in [0.717, 1.165) is 25.7 Å². The fraction of sp³-hybridized carbons (Fsp3) is 0.636. The number of hydrogen-bond acceptors (Lipinski definition) is 4. The molecule has 0 heterocycles. The molecule has 0 unspecified atom stereocenters. The zero-order valence-electron chi connectivity index (χ0n) is 16.8. The molecule has 0 aliphatic heterocycles. The van der Waals surface area contributed by atoms with E-state index in [9.17, 15) is 4.79 Å². The molecule has 3 rings (SSSR count). The summed E-state index contributed by atoms with van der Waals surface area (Å²) in [6.45, 7) is 2.18. The molecule has 6 heteroatoms. The van der Waals surface area contributed by atoms with Crippen molar-refractivity contribution < 1.29 is 9.53 Å². The number of nitrogens with one attached hydrogen (secondary N) is 1. The lowest BCUT2D eigenvalue weighted by molar-refractivity contribution is -0.136. The highest BCUT2D eigenvalue weighted by Crippen LogP contribution is 2.31. The maximum absolute atomic E-state index is 12.9. The SMILES string of the molecule is CCOC(=O)/C(=N\Nc1ccccc1Cl)N(C1CCCCC1)C1CCCCC1. The Labute approximate surface area is 173 Å². The molecule has 1 aromatic rings. The Balaban J connectivity index is 1.91. The maximum Gasteiger partial charge on any atom is 0.376 e. The van der Waals surface area contributed by atoms with E-state index in [4.69, 9.17) is 16.3 Å². The van der Waals surface area contributed by atoms with Crippen molar-refractivity contribution >= 4 is 29.1 Å². The highest BCUT2D eigenvalue weighted by Gasteiger charge is 2.35. The molecule has 0 aromatic heterocycles. The fourth-order valence-electron chi connectivity index (χ4n) is 4.43. The number of anilines is 1.